The highest BCUT2D eigenvalue weighted by atomic mass is 15.2. The summed E-state index contributed by atoms with van der Waals surface area (Å²) in [5, 5.41) is 3.43. The molecule has 0 radical (unpaired) electrons. The molecule has 0 atom stereocenters. The van der Waals surface area contributed by atoms with Crippen molar-refractivity contribution < 1.29 is 0 Å². The average Bonchev–Trinajstić information content (AvgIpc) is 3.20. The predicted octanol–water partition coefficient (Wildman–Crippen LogP) is 2.74. The topological polar surface area (TPSA) is 28.2 Å². The van der Waals surface area contributed by atoms with Gasteiger partial charge in [0.05, 0.1) is 6.54 Å². The van der Waals surface area contributed by atoms with Gasteiger partial charge in [-0.25, -0.2) is 4.98 Å². The van der Waals surface area contributed by atoms with Gasteiger partial charge in [-0.1, -0.05) is 25.8 Å². The molecule has 0 amide bonds. The minimum Gasteiger partial charge on any atom is -0.345 e. The van der Waals surface area contributed by atoms with Crippen molar-refractivity contribution in [2.75, 3.05) is 18.0 Å². The Morgan fingerprint density at radius 1 is 1.45 bits per heavy atom. The first kappa shape index (κ1) is 14.9. The van der Waals surface area contributed by atoms with Crippen LogP contribution in [0, 0.1) is 25.2 Å². The van der Waals surface area contributed by atoms with E-state index in [1.807, 2.05) is 0 Å². The quantitative estimate of drug-likeness (QED) is 0.773. The van der Waals surface area contributed by atoms with Crippen LogP contribution in [0.2, 0.25) is 0 Å². The van der Waals surface area contributed by atoms with Crippen LogP contribution >= 0.6 is 0 Å². The molecule has 3 heteroatoms. The van der Waals surface area contributed by atoms with Crippen molar-refractivity contribution in [3.63, 3.8) is 0 Å². The van der Waals surface area contributed by atoms with Crippen molar-refractivity contribution in [2.24, 2.45) is 5.92 Å². The molecule has 1 saturated carbocycles. The Balaban J connectivity index is 2.07. The zero-order valence-corrected chi connectivity index (χ0v) is 12.8. The molecule has 1 aliphatic carbocycles. The average molecular weight is 271 g/mol. The zero-order chi connectivity index (χ0) is 14.5. The summed E-state index contributed by atoms with van der Waals surface area (Å²) < 4.78 is 0. The van der Waals surface area contributed by atoms with Gasteiger partial charge in [0.15, 0.2) is 0 Å². The van der Waals surface area contributed by atoms with Crippen LogP contribution in [-0.2, 0) is 6.54 Å². The number of aromatic nitrogens is 1. The number of hydrogen-bond acceptors (Lipinski definition) is 3. The molecule has 0 aromatic carbocycles. The van der Waals surface area contributed by atoms with Gasteiger partial charge in [0.1, 0.15) is 5.82 Å². The molecule has 0 unspecified atom stereocenters. The lowest BCUT2D eigenvalue weighted by Crippen LogP contribution is -2.27. The number of anilines is 1. The highest BCUT2D eigenvalue weighted by Crippen LogP contribution is 2.31. The summed E-state index contributed by atoms with van der Waals surface area (Å²) in [6.07, 6.45) is 8.14. The Hall–Kier alpha value is -1.53. The van der Waals surface area contributed by atoms with Gasteiger partial charge in [0, 0.05) is 24.8 Å². The standard InChI is InChI=1S/C17H25N3/c1-5-10-20(12-15-6-7-15)17-9-8-16(14(4)19-17)11-18-13(2)3/h1,8-9,13,15,18H,6-7,10-12H2,2-4H3. The number of aryl methyl sites for hydroxylation is 1. The molecule has 0 aliphatic heterocycles. The molecule has 1 aliphatic rings. The highest BCUT2D eigenvalue weighted by Gasteiger charge is 2.24. The molecule has 1 heterocycles. The molecule has 1 fully saturated rings. The van der Waals surface area contributed by atoms with E-state index in [9.17, 15) is 0 Å². The number of terminal acetylenes is 1. The fourth-order valence-corrected chi connectivity index (χ4v) is 2.22. The van der Waals surface area contributed by atoms with Crippen molar-refractivity contribution in [1.29, 1.82) is 0 Å². The summed E-state index contributed by atoms with van der Waals surface area (Å²) in [5.74, 6) is 4.57. The van der Waals surface area contributed by atoms with Crippen LogP contribution in [0.15, 0.2) is 12.1 Å². The Morgan fingerprint density at radius 3 is 2.75 bits per heavy atom. The van der Waals surface area contributed by atoms with E-state index >= 15 is 0 Å². The van der Waals surface area contributed by atoms with E-state index in [2.05, 4.69) is 49.0 Å². The van der Waals surface area contributed by atoms with Gasteiger partial charge < -0.3 is 10.2 Å². The highest BCUT2D eigenvalue weighted by molar-refractivity contribution is 5.43. The fourth-order valence-electron chi connectivity index (χ4n) is 2.22. The van der Waals surface area contributed by atoms with Gasteiger partial charge in [-0.15, -0.1) is 6.42 Å². The minimum absolute atomic E-state index is 0.488. The second-order valence-electron chi connectivity index (χ2n) is 5.98. The van der Waals surface area contributed by atoms with E-state index in [1.54, 1.807) is 0 Å². The number of hydrogen-bond donors (Lipinski definition) is 1. The molecule has 0 saturated heterocycles. The van der Waals surface area contributed by atoms with Crippen LogP contribution in [0.25, 0.3) is 0 Å². The van der Waals surface area contributed by atoms with Crippen LogP contribution in [0.4, 0.5) is 5.82 Å². The Morgan fingerprint density at radius 2 is 2.20 bits per heavy atom. The number of pyridine rings is 1. The third-order valence-corrected chi connectivity index (χ3v) is 3.66. The fraction of sp³-hybridized carbons (Fsp3) is 0.588. The summed E-state index contributed by atoms with van der Waals surface area (Å²) in [6, 6.07) is 4.76. The summed E-state index contributed by atoms with van der Waals surface area (Å²) >= 11 is 0. The summed E-state index contributed by atoms with van der Waals surface area (Å²) in [4.78, 5) is 6.97. The lowest BCUT2D eigenvalue weighted by molar-refractivity contribution is 0.586. The molecule has 3 nitrogen and oxygen atoms in total. The molecule has 0 spiro atoms. The van der Waals surface area contributed by atoms with Crippen molar-refractivity contribution in [2.45, 2.75) is 46.2 Å². The lowest BCUT2D eigenvalue weighted by atomic mass is 10.2. The van der Waals surface area contributed by atoms with Crippen LogP contribution in [0.5, 0.6) is 0 Å². The summed E-state index contributed by atoms with van der Waals surface area (Å²) in [7, 11) is 0. The Labute approximate surface area is 122 Å². The van der Waals surface area contributed by atoms with Crippen molar-refractivity contribution >= 4 is 5.82 Å². The summed E-state index contributed by atoms with van der Waals surface area (Å²) in [6.45, 7) is 8.94. The Bertz CT molecular complexity index is 483. The smallest absolute Gasteiger partial charge is 0.129 e. The SMILES string of the molecule is C#CCN(CC1CC1)c1ccc(CNC(C)C)c(C)n1. The molecule has 0 bridgehead atoms. The zero-order valence-electron chi connectivity index (χ0n) is 12.8. The maximum Gasteiger partial charge on any atom is 0.129 e. The van der Waals surface area contributed by atoms with Crippen molar-refractivity contribution in [3.8, 4) is 12.3 Å². The molecule has 1 N–H and O–H groups in total. The number of nitrogens with zero attached hydrogens (tertiary/aromatic N) is 2. The molecule has 108 valence electrons. The lowest BCUT2D eigenvalue weighted by Gasteiger charge is -2.22. The third kappa shape index (κ3) is 4.25. The minimum atomic E-state index is 0.488. The molecule has 1 aromatic rings. The monoisotopic (exact) mass is 271 g/mol. The van der Waals surface area contributed by atoms with E-state index in [0.29, 0.717) is 12.6 Å². The number of nitrogens with one attached hydrogen (secondary N) is 1. The van der Waals surface area contributed by atoms with Gasteiger partial charge in [0.2, 0.25) is 0 Å². The molecular formula is C17H25N3. The third-order valence-electron chi connectivity index (χ3n) is 3.66. The largest absolute Gasteiger partial charge is 0.345 e. The first-order valence-electron chi connectivity index (χ1n) is 7.48. The Kier molecular flexibility index (Phi) is 5.03. The van der Waals surface area contributed by atoms with E-state index in [-0.39, 0.29) is 0 Å². The van der Waals surface area contributed by atoms with Crippen LogP contribution in [-0.4, -0.2) is 24.1 Å². The van der Waals surface area contributed by atoms with Crippen LogP contribution in [0.3, 0.4) is 0 Å². The van der Waals surface area contributed by atoms with Gasteiger partial charge in [-0.3, -0.25) is 0 Å². The van der Waals surface area contributed by atoms with E-state index in [4.69, 9.17) is 11.4 Å². The number of rotatable bonds is 7. The maximum atomic E-state index is 5.48. The maximum absolute atomic E-state index is 5.48. The van der Waals surface area contributed by atoms with Gasteiger partial charge >= 0.3 is 0 Å². The second-order valence-corrected chi connectivity index (χ2v) is 5.98. The molecule has 2 rings (SSSR count). The van der Waals surface area contributed by atoms with E-state index in [0.717, 1.165) is 30.5 Å². The molecular weight excluding hydrogens is 246 g/mol. The van der Waals surface area contributed by atoms with Crippen LogP contribution in [0.1, 0.15) is 37.9 Å². The second kappa shape index (κ2) is 6.76. The van der Waals surface area contributed by atoms with Crippen molar-refractivity contribution in [1.82, 2.24) is 10.3 Å². The van der Waals surface area contributed by atoms with Gasteiger partial charge in [0.25, 0.3) is 0 Å². The van der Waals surface area contributed by atoms with Crippen molar-refractivity contribution in [3.05, 3.63) is 23.4 Å². The van der Waals surface area contributed by atoms with Gasteiger partial charge in [-0.05, 0) is 37.3 Å². The van der Waals surface area contributed by atoms with E-state index < -0.39 is 0 Å². The first-order chi connectivity index (χ1) is 9.60. The van der Waals surface area contributed by atoms with E-state index in [1.165, 1.54) is 18.4 Å². The normalized spacial score (nSPS) is 14.3. The summed E-state index contributed by atoms with van der Waals surface area (Å²) in [5.41, 5.74) is 2.35. The van der Waals surface area contributed by atoms with Gasteiger partial charge in [-0.2, -0.15) is 0 Å². The molecule has 20 heavy (non-hydrogen) atoms. The van der Waals surface area contributed by atoms with Crippen LogP contribution < -0.4 is 10.2 Å². The first-order valence-corrected chi connectivity index (χ1v) is 7.48. The molecule has 1 aromatic heterocycles. The predicted molar refractivity (Wildman–Crippen MR) is 84.7 cm³/mol.